The van der Waals surface area contributed by atoms with E-state index in [1.807, 2.05) is 0 Å². The van der Waals surface area contributed by atoms with E-state index in [4.69, 9.17) is 30.6 Å². The standard InChI is InChI=1S/C12H26O.C6H12O6/c1-2-3-4-5-6-7-8-9-10-11-12-13;7-1-3(9)5(11)6(12)4(10)2-8/h13H,2-12H2,1H3;1,3-6,8-12H,2H2. The fourth-order valence-corrected chi connectivity index (χ4v) is 2.22. The lowest BCUT2D eigenvalue weighted by atomic mass is 10.0. The van der Waals surface area contributed by atoms with Gasteiger partial charge in [-0.15, -0.1) is 0 Å². The van der Waals surface area contributed by atoms with Gasteiger partial charge in [0.15, 0.2) is 6.29 Å². The number of hydrogen-bond acceptors (Lipinski definition) is 7. The molecule has 0 aliphatic heterocycles. The summed E-state index contributed by atoms with van der Waals surface area (Å²) in [4.78, 5) is 9.90. The van der Waals surface area contributed by atoms with Crippen molar-refractivity contribution in [2.45, 2.75) is 95.5 Å². The molecule has 0 spiro atoms. The molecule has 0 fully saturated rings. The Morgan fingerprint density at radius 2 is 1.16 bits per heavy atom. The highest BCUT2D eigenvalue weighted by Crippen LogP contribution is 2.10. The smallest absolute Gasteiger partial charge is 0.151 e. The minimum absolute atomic E-state index is 0.0258. The van der Waals surface area contributed by atoms with Crippen LogP contribution in [0.25, 0.3) is 0 Å². The van der Waals surface area contributed by atoms with Crippen molar-refractivity contribution in [2.24, 2.45) is 0 Å². The van der Waals surface area contributed by atoms with Gasteiger partial charge in [-0.25, -0.2) is 0 Å². The molecule has 0 rings (SSSR count). The first-order chi connectivity index (χ1) is 12.0. The molecular formula is C18H38O7. The normalized spacial score (nSPS) is 15.6. The lowest BCUT2D eigenvalue weighted by Crippen LogP contribution is -2.46. The second-order valence-electron chi connectivity index (χ2n) is 6.26. The molecule has 0 aromatic rings. The van der Waals surface area contributed by atoms with E-state index in [9.17, 15) is 4.79 Å². The molecule has 7 nitrogen and oxygen atoms in total. The van der Waals surface area contributed by atoms with E-state index in [1.54, 1.807) is 0 Å². The summed E-state index contributed by atoms with van der Waals surface area (Å²) in [7, 11) is 0. The first kappa shape index (κ1) is 26.7. The molecule has 0 aromatic carbocycles. The molecule has 0 amide bonds. The number of hydrogen-bond donors (Lipinski definition) is 6. The number of carbonyl (C=O) groups is 1. The summed E-state index contributed by atoms with van der Waals surface area (Å²) in [5.74, 6) is 0. The van der Waals surface area contributed by atoms with Gasteiger partial charge in [-0.05, 0) is 6.42 Å². The van der Waals surface area contributed by atoms with Crippen LogP contribution >= 0.6 is 0 Å². The van der Waals surface area contributed by atoms with Crippen molar-refractivity contribution in [2.75, 3.05) is 13.2 Å². The number of rotatable bonds is 15. The van der Waals surface area contributed by atoms with Crippen LogP contribution in [0.1, 0.15) is 71.1 Å². The Hall–Kier alpha value is -0.570. The number of unbranched alkanes of at least 4 members (excludes halogenated alkanes) is 9. The van der Waals surface area contributed by atoms with Gasteiger partial charge in [-0.2, -0.15) is 0 Å². The maximum atomic E-state index is 9.90. The molecule has 152 valence electrons. The van der Waals surface area contributed by atoms with Gasteiger partial charge in [0.05, 0.1) is 6.61 Å². The van der Waals surface area contributed by atoms with Crippen molar-refractivity contribution < 1.29 is 35.4 Å². The quantitative estimate of drug-likeness (QED) is 0.183. The molecular weight excluding hydrogens is 328 g/mol. The van der Waals surface area contributed by atoms with E-state index in [-0.39, 0.29) is 6.29 Å². The van der Waals surface area contributed by atoms with Crippen molar-refractivity contribution >= 4 is 6.29 Å². The molecule has 0 aromatic heterocycles. The van der Waals surface area contributed by atoms with Crippen LogP contribution in [0.5, 0.6) is 0 Å². The molecule has 25 heavy (non-hydrogen) atoms. The molecule has 4 atom stereocenters. The van der Waals surface area contributed by atoms with Gasteiger partial charge in [-0.1, -0.05) is 64.7 Å². The van der Waals surface area contributed by atoms with Gasteiger partial charge in [0, 0.05) is 6.61 Å². The number of carbonyl (C=O) groups excluding carboxylic acids is 1. The summed E-state index contributed by atoms with van der Waals surface area (Å²) >= 11 is 0. The van der Waals surface area contributed by atoms with Gasteiger partial charge >= 0.3 is 0 Å². The monoisotopic (exact) mass is 366 g/mol. The fraction of sp³-hybridized carbons (Fsp3) is 0.944. The Kier molecular flexibility index (Phi) is 21.1. The van der Waals surface area contributed by atoms with Crippen LogP contribution in [-0.2, 0) is 4.79 Å². The highest BCUT2D eigenvalue weighted by atomic mass is 16.4. The highest BCUT2D eigenvalue weighted by molar-refractivity contribution is 5.56. The van der Waals surface area contributed by atoms with Crippen LogP contribution in [0.3, 0.4) is 0 Å². The lowest BCUT2D eigenvalue weighted by Gasteiger charge is -2.22. The Morgan fingerprint density at radius 3 is 1.52 bits per heavy atom. The SMILES string of the molecule is CCCCCCCCCCCCO.O=CC(O)C(O)C(O)C(O)CO. The maximum absolute atomic E-state index is 9.90. The van der Waals surface area contributed by atoms with Gasteiger partial charge in [0.1, 0.15) is 24.4 Å². The Labute approximate surface area is 151 Å². The molecule has 0 aliphatic carbocycles. The Morgan fingerprint density at radius 1 is 0.720 bits per heavy atom. The third kappa shape index (κ3) is 16.6. The first-order valence-corrected chi connectivity index (χ1v) is 9.35. The summed E-state index contributed by atoms with van der Waals surface area (Å²) in [6.07, 6.45) is 6.46. The average molecular weight is 366 g/mol. The third-order valence-electron chi connectivity index (χ3n) is 3.93. The molecule has 0 radical (unpaired) electrons. The zero-order valence-electron chi connectivity index (χ0n) is 15.5. The molecule has 6 N–H and O–H groups in total. The van der Waals surface area contributed by atoms with E-state index in [0.717, 1.165) is 6.42 Å². The van der Waals surface area contributed by atoms with Crippen molar-refractivity contribution in [3.05, 3.63) is 0 Å². The summed E-state index contributed by atoms with van der Waals surface area (Å²) in [6, 6.07) is 0. The molecule has 0 aliphatic rings. The fourth-order valence-electron chi connectivity index (χ4n) is 2.22. The first-order valence-electron chi connectivity index (χ1n) is 9.35. The lowest BCUT2D eigenvalue weighted by molar-refractivity contribution is -0.136. The molecule has 0 saturated carbocycles. The topological polar surface area (TPSA) is 138 Å². The average Bonchev–Trinajstić information content (AvgIpc) is 2.64. The second kappa shape index (κ2) is 19.8. The summed E-state index contributed by atoms with van der Waals surface area (Å²) in [5.41, 5.74) is 0. The van der Waals surface area contributed by atoms with Crippen molar-refractivity contribution in [1.82, 2.24) is 0 Å². The van der Waals surface area contributed by atoms with Crippen LogP contribution in [0.4, 0.5) is 0 Å². The van der Waals surface area contributed by atoms with Crippen molar-refractivity contribution in [3.63, 3.8) is 0 Å². The van der Waals surface area contributed by atoms with Gasteiger partial charge in [-0.3, -0.25) is 0 Å². The summed E-state index contributed by atoms with van der Waals surface area (Å²) < 4.78 is 0. The zero-order chi connectivity index (χ0) is 19.5. The van der Waals surface area contributed by atoms with Crippen LogP contribution in [0.15, 0.2) is 0 Å². The van der Waals surface area contributed by atoms with Crippen molar-refractivity contribution in [3.8, 4) is 0 Å². The highest BCUT2D eigenvalue weighted by Gasteiger charge is 2.29. The Balaban J connectivity index is 0. The molecule has 7 heteroatoms. The van der Waals surface area contributed by atoms with Gasteiger partial charge < -0.3 is 35.4 Å². The molecule has 0 heterocycles. The third-order valence-corrected chi connectivity index (χ3v) is 3.93. The molecule has 4 unspecified atom stereocenters. The van der Waals surface area contributed by atoms with E-state index in [1.165, 1.54) is 57.8 Å². The number of aldehydes is 1. The minimum atomic E-state index is -1.79. The van der Waals surface area contributed by atoms with Crippen molar-refractivity contribution in [1.29, 1.82) is 0 Å². The summed E-state index contributed by atoms with van der Waals surface area (Å²) in [6.45, 7) is 1.87. The maximum Gasteiger partial charge on any atom is 0.151 e. The predicted molar refractivity (Wildman–Crippen MR) is 96.1 cm³/mol. The van der Waals surface area contributed by atoms with E-state index < -0.39 is 31.0 Å². The number of aliphatic hydroxyl groups is 6. The zero-order valence-corrected chi connectivity index (χ0v) is 15.5. The van der Waals surface area contributed by atoms with Gasteiger partial charge in [0.25, 0.3) is 0 Å². The van der Waals surface area contributed by atoms with Gasteiger partial charge in [0.2, 0.25) is 0 Å². The second-order valence-corrected chi connectivity index (χ2v) is 6.26. The predicted octanol–water partition coefficient (Wildman–Crippen LogP) is 0.521. The number of aliphatic hydroxyl groups excluding tert-OH is 6. The molecule has 0 saturated heterocycles. The van der Waals surface area contributed by atoms with E-state index in [2.05, 4.69) is 6.92 Å². The Bertz CT molecular complexity index is 266. The van der Waals surface area contributed by atoms with Crippen LogP contribution in [0.2, 0.25) is 0 Å². The van der Waals surface area contributed by atoms with Crippen LogP contribution in [-0.4, -0.2) is 74.6 Å². The van der Waals surface area contributed by atoms with Crippen LogP contribution < -0.4 is 0 Å². The largest absolute Gasteiger partial charge is 0.396 e. The minimum Gasteiger partial charge on any atom is -0.396 e. The van der Waals surface area contributed by atoms with Crippen LogP contribution in [0, 0.1) is 0 Å². The van der Waals surface area contributed by atoms with E-state index in [0.29, 0.717) is 6.61 Å². The molecule has 0 bridgehead atoms. The van der Waals surface area contributed by atoms with E-state index >= 15 is 0 Å². The summed E-state index contributed by atoms with van der Waals surface area (Å²) in [5, 5.41) is 52.1.